The van der Waals surface area contributed by atoms with Crippen molar-refractivity contribution in [2.24, 2.45) is 28.8 Å². The van der Waals surface area contributed by atoms with Crippen LogP contribution in [0.15, 0.2) is 97.1 Å². The molecule has 424 valence electrons. The fraction of sp³-hybridized carbons (Fsp3) is 0.433. The Kier molecular flexibility index (Phi) is 23.1. The van der Waals surface area contributed by atoms with E-state index in [4.69, 9.17) is 37.9 Å². The molecule has 19 nitrogen and oxygen atoms in total. The van der Waals surface area contributed by atoms with E-state index < -0.39 is 41.6 Å². The molecule has 5 aromatic rings. The van der Waals surface area contributed by atoms with Gasteiger partial charge in [-0.05, 0) is 183 Å². The summed E-state index contributed by atoms with van der Waals surface area (Å²) in [6.07, 6.45) is 14.1. The molecule has 1 N–H and O–H groups in total. The number of carbonyl (C=O) groups excluding carboxylic acids is 6. The molecule has 2 heterocycles. The van der Waals surface area contributed by atoms with Crippen LogP contribution in [0.5, 0.6) is 34.5 Å². The van der Waals surface area contributed by atoms with Gasteiger partial charge in [-0.3, -0.25) is 24.6 Å². The van der Waals surface area contributed by atoms with E-state index in [-0.39, 0.29) is 29.4 Å². The van der Waals surface area contributed by atoms with E-state index in [1.165, 1.54) is 17.6 Å². The molecule has 2 saturated carbocycles. The fourth-order valence-electron chi connectivity index (χ4n) is 9.17. The number of rotatable bonds is 29. The number of nitrogens with one attached hydrogen (secondary N) is 1. The standard InChI is InChI=1S/C60H69N5O14S/c1-5-52(66)74-35-13-9-7-11-33-72-46-23-27-48(28-24-46)76-56(68)41-15-17-43(18-16-41)58(70)78-50-31-32-51(45(37-50)38-61-65-60-64-55-54(80-60)39(3)62-40(4)63-55)79-59(71)44-21-19-42(20-22-44)57(69)77-49-29-25-47(26-30-49)73-34-12-8-10-14-36-75-53(67)6-2/h5-6,23-32,37-38,41-44H,1-2,7-22,33-36H2,3-4H3,(H,62,63,64,65)/b61-38+/t41-,42-,43-,44-. The first kappa shape index (κ1) is 59.7. The topological polar surface area (TPSA) is 239 Å². The van der Waals surface area contributed by atoms with Crippen LogP contribution in [0, 0.1) is 37.5 Å². The van der Waals surface area contributed by atoms with Gasteiger partial charge in [-0.15, -0.1) is 0 Å². The van der Waals surface area contributed by atoms with Crippen LogP contribution in [-0.4, -0.2) is 83.4 Å². The van der Waals surface area contributed by atoms with Crippen LogP contribution < -0.4 is 33.8 Å². The van der Waals surface area contributed by atoms with Gasteiger partial charge in [-0.25, -0.2) is 19.6 Å². The lowest BCUT2D eigenvalue weighted by Gasteiger charge is -2.26. The Morgan fingerprint density at radius 3 is 1.41 bits per heavy atom. The molecule has 0 unspecified atom stereocenters. The zero-order chi connectivity index (χ0) is 56.6. The quantitative estimate of drug-likeness (QED) is 0.0117. The van der Waals surface area contributed by atoms with Crippen molar-refractivity contribution in [1.29, 1.82) is 0 Å². The molecule has 80 heavy (non-hydrogen) atoms. The van der Waals surface area contributed by atoms with Gasteiger partial charge in [0.15, 0.2) is 5.65 Å². The smallest absolute Gasteiger partial charge is 0.330 e. The number of benzene rings is 3. The maximum Gasteiger partial charge on any atom is 0.330 e. The zero-order valence-corrected chi connectivity index (χ0v) is 46.2. The van der Waals surface area contributed by atoms with Crippen molar-refractivity contribution in [2.75, 3.05) is 31.9 Å². The first-order valence-corrected chi connectivity index (χ1v) is 28.1. The summed E-state index contributed by atoms with van der Waals surface area (Å²) in [6.45, 7) is 12.2. The number of anilines is 1. The van der Waals surface area contributed by atoms with E-state index >= 15 is 0 Å². The summed E-state index contributed by atoms with van der Waals surface area (Å²) in [7, 11) is 0. The van der Waals surface area contributed by atoms with Crippen molar-refractivity contribution in [1.82, 2.24) is 15.0 Å². The Morgan fingerprint density at radius 1 is 0.537 bits per heavy atom. The average molecular weight is 1120 g/mol. The minimum Gasteiger partial charge on any atom is -0.494 e. The van der Waals surface area contributed by atoms with E-state index in [0.717, 1.165) is 73.9 Å². The molecule has 0 spiro atoms. The molecule has 0 radical (unpaired) electrons. The molecular weight excluding hydrogens is 1050 g/mol. The van der Waals surface area contributed by atoms with Gasteiger partial charge in [0.1, 0.15) is 40.3 Å². The number of carbonyl (C=O) groups is 6. The summed E-state index contributed by atoms with van der Waals surface area (Å²) in [5, 5.41) is 4.87. The summed E-state index contributed by atoms with van der Waals surface area (Å²) in [5.41, 5.74) is 4.62. The monoisotopic (exact) mass is 1120 g/mol. The molecule has 2 fully saturated rings. The van der Waals surface area contributed by atoms with E-state index in [0.29, 0.717) is 123 Å². The highest BCUT2D eigenvalue weighted by Crippen LogP contribution is 2.35. The number of esters is 6. The predicted molar refractivity (Wildman–Crippen MR) is 299 cm³/mol. The Hall–Kier alpha value is -8.00. The molecule has 0 bridgehead atoms. The van der Waals surface area contributed by atoms with Gasteiger partial charge in [0, 0.05) is 17.7 Å². The summed E-state index contributed by atoms with van der Waals surface area (Å²) >= 11 is 1.34. The molecule has 0 amide bonds. The highest BCUT2D eigenvalue weighted by atomic mass is 32.1. The first-order valence-electron chi connectivity index (χ1n) is 27.3. The summed E-state index contributed by atoms with van der Waals surface area (Å²) in [6, 6.07) is 18.5. The van der Waals surface area contributed by atoms with Gasteiger partial charge in [0.2, 0.25) is 5.13 Å². The molecule has 20 heteroatoms. The lowest BCUT2D eigenvalue weighted by molar-refractivity contribution is -0.145. The third kappa shape index (κ3) is 18.8. The van der Waals surface area contributed by atoms with Crippen molar-refractivity contribution in [3.8, 4) is 34.5 Å². The number of hydrogen-bond acceptors (Lipinski definition) is 20. The van der Waals surface area contributed by atoms with Crippen LogP contribution in [0.2, 0.25) is 0 Å². The lowest BCUT2D eigenvalue weighted by Crippen LogP contribution is -2.30. The van der Waals surface area contributed by atoms with Crippen molar-refractivity contribution in [2.45, 2.75) is 117 Å². The second-order valence-electron chi connectivity index (χ2n) is 19.6. The largest absolute Gasteiger partial charge is 0.494 e. The number of fused-ring (bicyclic) bond motifs is 1. The van der Waals surface area contributed by atoms with E-state index in [1.807, 2.05) is 6.92 Å². The Bertz CT molecular complexity index is 2950. The van der Waals surface area contributed by atoms with Gasteiger partial charge in [0.25, 0.3) is 0 Å². The number of ether oxygens (including phenoxy) is 8. The number of thiazole rings is 1. The summed E-state index contributed by atoms with van der Waals surface area (Å²) in [5.74, 6) is -1.06. The van der Waals surface area contributed by atoms with Gasteiger partial charge in [-0.2, -0.15) is 10.1 Å². The summed E-state index contributed by atoms with van der Waals surface area (Å²) in [4.78, 5) is 89.3. The second-order valence-corrected chi connectivity index (χ2v) is 20.6. The number of aromatic nitrogens is 3. The molecule has 2 aliphatic rings. The van der Waals surface area contributed by atoms with Crippen LogP contribution >= 0.6 is 11.3 Å². The molecule has 7 rings (SSSR count). The molecular formula is C60H69N5O14S. The van der Waals surface area contributed by atoms with Crippen molar-refractivity contribution in [3.05, 3.63) is 109 Å². The van der Waals surface area contributed by atoms with Gasteiger partial charge in [-0.1, -0.05) is 24.5 Å². The average Bonchev–Trinajstić information content (AvgIpc) is 3.90. The van der Waals surface area contributed by atoms with Gasteiger partial charge in [0.05, 0.1) is 66.7 Å². The van der Waals surface area contributed by atoms with Crippen LogP contribution in [0.25, 0.3) is 10.3 Å². The van der Waals surface area contributed by atoms with Crippen LogP contribution in [0.4, 0.5) is 5.13 Å². The van der Waals surface area contributed by atoms with Crippen molar-refractivity contribution < 1.29 is 66.7 Å². The minimum atomic E-state index is -0.476. The number of unbranched alkanes of at least 4 members (excludes halogenated alkanes) is 6. The number of aryl methyl sites for hydroxylation is 2. The van der Waals surface area contributed by atoms with Crippen molar-refractivity contribution in [3.63, 3.8) is 0 Å². The SMILES string of the molecule is C=CC(=O)OCCCCCCOc1ccc(OC(=O)[C@H]2CC[C@H](C(=O)Oc3ccc(OC(=O)[C@H]4CC[C@H](C(=O)Oc5ccc(OCCCCCCOC(=O)C=C)cc5)CC4)c(/C=N/Nc4nc5nc(C)nc(C)c5s4)c3)CC2)cc1. The van der Waals surface area contributed by atoms with Crippen LogP contribution in [0.1, 0.15) is 120 Å². The Labute approximate surface area is 469 Å². The third-order valence-corrected chi connectivity index (χ3v) is 14.7. The third-order valence-electron chi connectivity index (χ3n) is 13.6. The van der Waals surface area contributed by atoms with Crippen LogP contribution in [0.3, 0.4) is 0 Å². The van der Waals surface area contributed by atoms with Gasteiger partial charge < -0.3 is 37.9 Å². The zero-order valence-electron chi connectivity index (χ0n) is 45.4. The highest BCUT2D eigenvalue weighted by Gasteiger charge is 2.34. The second kappa shape index (κ2) is 31.0. The van der Waals surface area contributed by atoms with E-state index in [2.05, 4.69) is 38.6 Å². The highest BCUT2D eigenvalue weighted by molar-refractivity contribution is 7.22. The van der Waals surface area contributed by atoms with Crippen molar-refractivity contribution >= 4 is 68.8 Å². The number of hydrazone groups is 1. The summed E-state index contributed by atoms with van der Waals surface area (Å²) < 4.78 is 45.7. The lowest BCUT2D eigenvalue weighted by atomic mass is 9.82. The van der Waals surface area contributed by atoms with Crippen LogP contribution in [-0.2, 0) is 38.2 Å². The first-order chi connectivity index (χ1) is 38.8. The molecule has 0 saturated heterocycles. The normalized spacial score (nSPS) is 16.9. The fourth-order valence-corrected chi connectivity index (χ4v) is 9.97. The molecule has 2 aliphatic carbocycles. The molecule has 0 atom stereocenters. The number of hydrogen-bond donors (Lipinski definition) is 1. The maximum atomic E-state index is 13.7. The van der Waals surface area contributed by atoms with E-state index in [1.54, 1.807) is 73.7 Å². The molecule has 3 aromatic carbocycles. The number of nitrogens with zero attached hydrogens (tertiary/aromatic N) is 4. The minimum absolute atomic E-state index is 0.190. The Morgan fingerprint density at radius 2 is 0.950 bits per heavy atom. The van der Waals surface area contributed by atoms with E-state index in [9.17, 15) is 28.8 Å². The predicted octanol–water partition coefficient (Wildman–Crippen LogP) is 11.1. The van der Waals surface area contributed by atoms with Gasteiger partial charge >= 0.3 is 35.8 Å². The Balaban J connectivity index is 0.870. The molecule has 0 aliphatic heterocycles. The molecule has 2 aromatic heterocycles. The maximum absolute atomic E-state index is 13.7.